The Morgan fingerprint density at radius 3 is 2.55 bits per heavy atom. The van der Waals surface area contributed by atoms with Crippen LogP contribution in [0.4, 0.5) is 4.39 Å². The number of aryl methyl sites for hydroxylation is 1. The van der Waals surface area contributed by atoms with E-state index in [-0.39, 0.29) is 11.9 Å². The Morgan fingerprint density at radius 2 is 2.00 bits per heavy atom. The van der Waals surface area contributed by atoms with Crippen molar-refractivity contribution in [3.63, 3.8) is 0 Å². The monoisotopic (exact) mass is 355 g/mol. The first-order valence-corrected chi connectivity index (χ1v) is 8.44. The first-order chi connectivity index (χ1) is 9.60. The minimum atomic E-state index is -0.179. The molecule has 2 rings (SSSR count). The first kappa shape index (κ1) is 15.7. The van der Waals surface area contributed by atoms with Crippen molar-refractivity contribution in [3.8, 4) is 0 Å². The Kier molecular flexibility index (Phi) is 5.75. The van der Waals surface area contributed by atoms with Crippen LogP contribution in [0.5, 0.6) is 0 Å². The van der Waals surface area contributed by atoms with Gasteiger partial charge in [-0.3, -0.25) is 0 Å². The smallest absolute Gasteiger partial charge is 0.123 e. The molecule has 0 radical (unpaired) electrons. The zero-order chi connectivity index (χ0) is 14.5. The summed E-state index contributed by atoms with van der Waals surface area (Å²) in [6, 6.07) is 9.27. The van der Waals surface area contributed by atoms with E-state index >= 15 is 0 Å². The van der Waals surface area contributed by atoms with E-state index in [0.29, 0.717) is 0 Å². The number of halogens is 2. The lowest BCUT2D eigenvalue weighted by molar-refractivity contribution is 0.528. The zero-order valence-electron chi connectivity index (χ0n) is 11.7. The molecule has 20 heavy (non-hydrogen) atoms. The average Bonchev–Trinajstić information content (AvgIpc) is 2.76. The normalized spacial score (nSPS) is 12.6. The van der Waals surface area contributed by atoms with Gasteiger partial charge in [-0.25, -0.2) is 4.39 Å². The number of hydrogen-bond donors (Lipinski definition) is 1. The molecular formula is C16H19BrFNS. The van der Waals surface area contributed by atoms with Crippen molar-refractivity contribution in [1.82, 2.24) is 5.32 Å². The summed E-state index contributed by atoms with van der Waals surface area (Å²) in [5.41, 5.74) is 2.49. The molecule has 0 bridgehead atoms. The lowest BCUT2D eigenvalue weighted by atomic mass is 9.99. The van der Waals surface area contributed by atoms with Crippen LogP contribution in [0.3, 0.4) is 0 Å². The third-order valence-electron chi connectivity index (χ3n) is 3.30. The number of hydrogen-bond acceptors (Lipinski definition) is 2. The maximum Gasteiger partial charge on any atom is 0.123 e. The highest BCUT2D eigenvalue weighted by Crippen LogP contribution is 2.32. The molecule has 1 N–H and O–H groups in total. The van der Waals surface area contributed by atoms with Crippen LogP contribution in [-0.2, 0) is 6.42 Å². The number of thiophene rings is 1. The van der Waals surface area contributed by atoms with E-state index in [0.717, 1.165) is 28.7 Å². The van der Waals surface area contributed by atoms with Gasteiger partial charge < -0.3 is 5.32 Å². The fourth-order valence-corrected chi connectivity index (χ4v) is 4.04. The third-order valence-corrected chi connectivity index (χ3v) is 4.86. The molecule has 1 heterocycles. The Labute approximate surface area is 132 Å². The molecule has 1 atom stereocenters. The van der Waals surface area contributed by atoms with Gasteiger partial charge >= 0.3 is 0 Å². The summed E-state index contributed by atoms with van der Waals surface area (Å²) in [7, 11) is 0. The van der Waals surface area contributed by atoms with Crippen molar-refractivity contribution >= 4 is 27.3 Å². The van der Waals surface area contributed by atoms with Crippen LogP contribution in [0.2, 0.25) is 0 Å². The molecule has 0 saturated carbocycles. The Hall–Kier alpha value is -0.710. The van der Waals surface area contributed by atoms with Gasteiger partial charge in [-0.2, -0.15) is 0 Å². The summed E-state index contributed by atoms with van der Waals surface area (Å²) < 4.78 is 14.2. The van der Waals surface area contributed by atoms with Crippen LogP contribution in [0.25, 0.3) is 0 Å². The Bertz CT molecular complexity index is 550. The zero-order valence-corrected chi connectivity index (χ0v) is 14.2. The summed E-state index contributed by atoms with van der Waals surface area (Å²) in [6.45, 7) is 5.30. The lowest BCUT2D eigenvalue weighted by Gasteiger charge is -2.19. The standard InChI is InChI=1S/C16H19BrFNS/c1-3-8-19-15(14-10-16(17)20-11(14)2)9-12-4-6-13(18)7-5-12/h4-7,10,15,19H,3,8-9H2,1-2H3. The van der Waals surface area contributed by atoms with E-state index in [1.165, 1.54) is 22.6 Å². The quantitative estimate of drug-likeness (QED) is 0.746. The number of rotatable bonds is 6. The van der Waals surface area contributed by atoms with Gasteiger partial charge in [0.05, 0.1) is 3.79 Å². The summed E-state index contributed by atoms with van der Waals surface area (Å²) in [6.07, 6.45) is 1.98. The average molecular weight is 356 g/mol. The van der Waals surface area contributed by atoms with E-state index in [2.05, 4.69) is 41.2 Å². The van der Waals surface area contributed by atoms with Gasteiger partial charge in [-0.1, -0.05) is 19.1 Å². The molecule has 0 saturated heterocycles. The molecule has 0 aliphatic heterocycles. The second kappa shape index (κ2) is 7.34. The largest absolute Gasteiger partial charge is 0.310 e. The minimum Gasteiger partial charge on any atom is -0.310 e. The number of benzene rings is 1. The van der Waals surface area contributed by atoms with E-state index in [9.17, 15) is 4.39 Å². The van der Waals surface area contributed by atoms with Gasteiger partial charge in [-0.05, 0) is 71.6 Å². The molecule has 0 amide bonds. The topological polar surface area (TPSA) is 12.0 Å². The van der Waals surface area contributed by atoms with Crippen LogP contribution < -0.4 is 5.32 Å². The fraction of sp³-hybridized carbons (Fsp3) is 0.375. The van der Waals surface area contributed by atoms with Crippen molar-refractivity contribution in [1.29, 1.82) is 0 Å². The SMILES string of the molecule is CCCNC(Cc1ccc(F)cc1)c1cc(Br)sc1C. The van der Waals surface area contributed by atoms with E-state index in [1.54, 1.807) is 11.3 Å². The third kappa shape index (κ3) is 4.14. The van der Waals surface area contributed by atoms with Crippen LogP contribution in [0.1, 0.15) is 35.4 Å². The molecular weight excluding hydrogens is 337 g/mol. The molecule has 1 unspecified atom stereocenters. The Morgan fingerprint density at radius 1 is 1.30 bits per heavy atom. The molecule has 0 spiro atoms. The molecule has 1 aromatic carbocycles. The van der Waals surface area contributed by atoms with Gasteiger partial charge in [-0.15, -0.1) is 11.3 Å². The van der Waals surface area contributed by atoms with Gasteiger partial charge in [0.1, 0.15) is 5.82 Å². The van der Waals surface area contributed by atoms with Crippen LogP contribution in [0.15, 0.2) is 34.1 Å². The van der Waals surface area contributed by atoms with E-state index in [4.69, 9.17) is 0 Å². The maximum absolute atomic E-state index is 13.0. The van der Waals surface area contributed by atoms with Crippen LogP contribution in [-0.4, -0.2) is 6.54 Å². The van der Waals surface area contributed by atoms with Gasteiger partial charge in [0.2, 0.25) is 0 Å². The summed E-state index contributed by atoms with van der Waals surface area (Å²) >= 11 is 5.32. The lowest BCUT2D eigenvalue weighted by Crippen LogP contribution is -2.24. The molecule has 1 aromatic heterocycles. The molecule has 0 fully saturated rings. The van der Waals surface area contributed by atoms with Crippen LogP contribution in [0, 0.1) is 12.7 Å². The maximum atomic E-state index is 13.0. The van der Waals surface area contributed by atoms with Crippen molar-refractivity contribution in [2.75, 3.05) is 6.54 Å². The van der Waals surface area contributed by atoms with Crippen molar-refractivity contribution in [2.24, 2.45) is 0 Å². The second-order valence-corrected chi connectivity index (χ2v) is 7.53. The predicted octanol–water partition coefficient (Wildman–Crippen LogP) is 5.24. The molecule has 1 nitrogen and oxygen atoms in total. The Balaban J connectivity index is 2.19. The highest BCUT2D eigenvalue weighted by Gasteiger charge is 2.16. The molecule has 108 valence electrons. The summed E-state index contributed by atoms with van der Waals surface area (Å²) in [4.78, 5) is 1.33. The van der Waals surface area contributed by atoms with Crippen molar-refractivity contribution in [2.45, 2.75) is 32.7 Å². The summed E-state index contributed by atoms with van der Waals surface area (Å²) in [5, 5.41) is 3.60. The highest BCUT2D eigenvalue weighted by molar-refractivity contribution is 9.11. The van der Waals surface area contributed by atoms with Gasteiger partial charge in [0.15, 0.2) is 0 Å². The first-order valence-electron chi connectivity index (χ1n) is 6.83. The van der Waals surface area contributed by atoms with Crippen molar-refractivity contribution in [3.05, 3.63) is 55.9 Å². The van der Waals surface area contributed by atoms with Crippen LogP contribution >= 0.6 is 27.3 Å². The second-order valence-electron chi connectivity index (χ2n) is 4.90. The van der Waals surface area contributed by atoms with Gasteiger partial charge in [0.25, 0.3) is 0 Å². The fourth-order valence-electron chi connectivity index (χ4n) is 2.27. The van der Waals surface area contributed by atoms with Crippen molar-refractivity contribution < 1.29 is 4.39 Å². The molecule has 2 aromatic rings. The molecule has 0 aliphatic carbocycles. The minimum absolute atomic E-state index is 0.179. The molecule has 4 heteroatoms. The van der Waals surface area contributed by atoms with Gasteiger partial charge in [0, 0.05) is 10.9 Å². The predicted molar refractivity (Wildman–Crippen MR) is 87.9 cm³/mol. The number of nitrogens with one attached hydrogen (secondary N) is 1. The summed E-state index contributed by atoms with van der Waals surface area (Å²) in [5.74, 6) is -0.179. The van der Waals surface area contributed by atoms with E-state index in [1.807, 2.05) is 12.1 Å². The van der Waals surface area contributed by atoms with E-state index < -0.39 is 0 Å². The highest BCUT2D eigenvalue weighted by atomic mass is 79.9. The molecule has 0 aliphatic rings.